The van der Waals surface area contributed by atoms with Crippen molar-refractivity contribution in [1.82, 2.24) is 0 Å². The Morgan fingerprint density at radius 1 is 0.723 bits per heavy atom. The summed E-state index contributed by atoms with van der Waals surface area (Å²) < 4.78 is 44.3. The van der Waals surface area contributed by atoms with Crippen molar-refractivity contribution in [1.29, 1.82) is 0 Å². The van der Waals surface area contributed by atoms with E-state index < -0.39 is 88.6 Å². The van der Waals surface area contributed by atoms with Gasteiger partial charge in [0.2, 0.25) is 23.6 Å². The maximum atomic E-state index is 14.0. The predicted octanol–water partition coefficient (Wildman–Crippen LogP) is 2.64. The predicted molar refractivity (Wildman–Crippen MR) is 155 cm³/mol. The quantitative estimate of drug-likeness (QED) is 0.202. The lowest BCUT2D eigenvalue weighted by molar-refractivity contribution is -0.280. The van der Waals surface area contributed by atoms with Gasteiger partial charge in [0.1, 0.15) is 22.5 Å². The second-order valence-corrected chi connectivity index (χ2v) is 10.3. The van der Waals surface area contributed by atoms with Gasteiger partial charge in [-0.2, -0.15) is 0 Å². The molecule has 3 aromatic rings. The van der Waals surface area contributed by atoms with Crippen LogP contribution in [0.15, 0.2) is 39.5 Å². The Labute approximate surface area is 265 Å². The first-order chi connectivity index (χ1) is 22.0. The third kappa shape index (κ3) is 7.78. The molecular formula is C31H30O16. The molecule has 0 amide bonds. The summed E-state index contributed by atoms with van der Waals surface area (Å²) in [4.78, 5) is 73.6. The summed E-state index contributed by atoms with van der Waals surface area (Å²) in [5.74, 6) is -6.56. The zero-order chi connectivity index (χ0) is 34.7. The van der Waals surface area contributed by atoms with Crippen LogP contribution in [0.3, 0.4) is 0 Å². The van der Waals surface area contributed by atoms with Gasteiger partial charge in [-0.05, 0) is 25.1 Å². The van der Waals surface area contributed by atoms with E-state index in [1.807, 2.05) is 0 Å². The first-order valence-corrected chi connectivity index (χ1v) is 13.9. The second kappa shape index (κ2) is 13.8. The van der Waals surface area contributed by atoms with E-state index in [2.05, 4.69) is 0 Å². The number of ether oxygens (including phenoxy) is 7. The maximum Gasteiger partial charge on any atom is 0.308 e. The minimum Gasteiger partial charge on any atom is -0.508 e. The molecule has 250 valence electrons. The summed E-state index contributed by atoms with van der Waals surface area (Å²) in [6.07, 6.45) is -7.18. The van der Waals surface area contributed by atoms with Crippen LogP contribution in [0.4, 0.5) is 0 Å². The van der Waals surface area contributed by atoms with Crippen molar-refractivity contribution in [2.45, 2.75) is 72.2 Å². The fraction of sp³-hybridized carbons (Fsp3) is 0.355. The Bertz CT molecular complexity index is 1810. The van der Waals surface area contributed by atoms with E-state index in [0.717, 1.165) is 46.8 Å². The second-order valence-electron chi connectivity index (χ2n) is 10.3. The molecule has 0 aliphatic carbocycles. The SMILES string of the molecule is CC(=O)Oc1ccc(-c2oc3cc(O)cc(O)c3c(=O)c2OC2OC(C)C(OC(C)=O)C(OC(C)=O)C2OC(C)=O)cc1OC(C)=O. The number of carbonyl (C=O) groups is 5. The van der Waals surface area contributed by atoms with Crippen LogP contribution in [-0.2, 0) is 42.9 Å². The zero-order valence-electron chi connectivity index (χ0n) is 25.9. The molecule has 1 fully saturated rings. The van der Waals surface area contributed by atoms with Gasteiger partial charge in [-0.15, -0.1) is 0 Å². The van der Waals surface area contributed by atoms with Crippen molar-refractivity contribution in [2.75, 3.05) is 0 Å². The minimum atomic E-state index is -1.73. The van der Waals surface area contributed by atoms with Crippen molar-refractivity contribution in [2.24, 2.45) is 0 Å². The lowest BCUT2D eigenvalue weighted by Gasteiger charge is -2.43. The highest BCUT2D eigenvalue weighted by Gasteiger charge is 2.52. The Balaban J connectivity index is 1.95. The van der Waals surface area contributed by atoms with Gasteiger partial charge in [-0.1, -0.05) is 0 Å². The maximum absolute atomic E-state index is 14.0. The fourth-order valence-electron chi connectivity index (χ4n) is 4.87. The number of hydrogen-bond acceptors (Lipinski definition) is 16. The first kappa shape index (κ1) is 34.2. The van der Waals surface area contributed by atoms with E-state index in [4.69, 9.17) is 37.6 Å². The van der Waals surface area contributed by atoms with Gasteiger partial charge in [-0.25, -0.2) is 0 Å². The number of phenols is 2. The van der Waals surface area contributed by atoms with E-state index in [1.54, 1.807) is 0 Å². The standard InChI is InChI=1S/C31H30O16/c1-12-26(43-15(4)34)29(44-16(5)35)30(45-17(6)36)31(40-12)47-28-25(39)24-20(38)10-19(37)11-23(24)46-27(28)18-7-8-21(41-13(2)32)22(9-18)42-14(3)33/h7-12,26,29-31,37-38H,1-6H3. The summed E-state index contributed by atoms with van der Waals surface area (Å²) in [7, 11) is 0. The van der Waals surface area contributed by atoms with Gasteiger partial charge in [-0.3, -0.25) is 28.8 Å². The molecule has 1 saturated heterocycles. The molecule has 4 rings (SSSR count). The average molecular weight is 659 g/mol. The average Bonchev–Trinajstić information content (AvgIpc) is 2.93. The van der Waals surface area contributed by atoms with Crippen LogP contribution in [-0.4, -0.2) is 70.8 Å². The minimum absolute atomic E-state index is 0.00351. The highest BCUT2D eigenvalue weighted by Crippen LogP contribution is 2.40. The van der Waals surface area contributed by atoms with Crippen molar-refractivity contribution < 1.29 is 71.8 Å². The Kier molecular flexibility index (Phi) is 10.0. The van der Waals surface area contributed by atoms with Gasteiger partial charge in [0, 0.05) is 52.3 Å². The van der Waals surface area contributed by atoms with Crippen molar-refractivity contribution in [3.8, 4) is 40.1 Å². The lowest BCUT2D eigenvalue weighted by Crippen LogP contribution is -2.62. The number of carbonyl (C=O) groups excluding carboxylic acids is 5. The van der Waals surface area contributed by atoms with E-state index in [9.17, 15) is 39.0 Å². The highest BCUT2D eigenvalue weighted by atomic mass is 16.7. The van der Waals surface area contributed by atoms with Gasteiger partial charge >= 0.3 is 29.8 Å². The van der Waals surface area contributed by atoms with Crippen LogP contribution in [0.2, 0.25) is 0 Å². The molecule has 16 heteroatoms. The number of rotatable bonds is 8. The molecule has 2 N–H and O–H groups in total. The third-order valence-electron chi connectivity index (χ3n) is 6.50. The molecule has 0 spiro atoms. The largest absolute Gasteiger partial charge is 0.508 e. The van der Waals surface area contributed by atoms with Crippen molar-refractivity contribution >= 4 is 40.8 Å². The molecule has 0 radical (unpaired) electrons. The number of aromatic hydroxyl groups is 2. The highest BCUT2D eigenvalue weighted by molar-refractivity contribution is 5.88. The van der Waals surface area contributed by atoms with Gasteiger partial charge in [0.05, 0.1) is 6.10 Å². The molecule has 2 heterocycles. The third-order valence-corrected chi connectivity index (χ3v) is 6.50. The lowest BCUT2D eigenvalue weighted by atomic mass is 9.98. The molecule has 5 atom stereocenters. The molecule has 5 unspecified atom stereocenters. The Morgan fingerprint density at radius 2 is 1.30 bits per heavy atom. The number of hydrogen-bond donors (Lipinski definition) is 2. The number of esters is 5. The van der Waals surface area contributed by atoms with E-state index >= 15 is 0 Å². The molecule has 1 aliphatic rings. The molecule has 2 aromatic carbocycles. The number of phenolic OH excluding ortho intramolecular Hbond substituents is 2. The molecule has 1 aliphatic heterocycles. The summed E-state index contributed by atoms with van der Waals surface area (Å²) in [6, 6.07) is 5.68. The molecule has 16 nitrogen and oxygen atoms in total. The fourth-order valence-corrected chi connectivity index (χ4v) is 4.87. The summed E-state index contributed by atoms with van der Waals surface area (Å²) in [5.41, 5.74) is -1.30. The molecule has 47 heavy (non-hydrogen) atoms. The Hall–Kier alpha value is -5.64. The molecule has 1 aromatic heterocycles. The van der Waals surface area contributed by atoms with E-state index in [0.29, 0.717) is 0 Å². The Morgan fingerprint density at radius 3 is 1.89 bits per heavy atom. The van der Waals surface area contributed by atoms with Gasteiger partial charge < -0.3 is 47.8 Å². The summed E-state index contributed by atoms with van der Waals surface area (Å²) in [6.45, 7) is 6.89. The molecule has 0 bridgehead atoms. The van der Waals surface area contributed by atoms with Crippen LogP contribution in [0.5, 0.6) is 28.7 Å². The number of fused-ring (bicyclic) bond motifs is 1. The molecule has 0 saturated carbocycles. The smallest absolute Gasteiger partial charge is 0.308 e. The number of benzene rings is 2. The topological polar surface area (TPSA) is 221 Å². The molecular weight excluding hydrogens is 628 g/mol. The van der Waals surface area contributed by atoms with Crippen LogP contribution < -0.4 is 19.6 Å². The first-order valence-electron chi connectivity index (χ1n) is 13.9. The summed E-state index contributed by atoms with van der Waals surface area (Å²) >= 11 is 0. The summed E-state index contributed by atoms with van der Waals surface area (Å²) in [5, 5.41) is 20.2. The van der Waals surface area contributed by atoms with Crippen LogP contribution in [0.25, 0.3) is 22.3 Å². The van der Waals surface area contributed by atoms with Crippen LogP contribution in [0.1, 0.15) is 41.5 Å². The van der Waals surface area contributed by atoms with E-state index in [1.165, 1.54) is 25.1 Å². The normalized spacial score (nSPS) is 20.5. The van der Waals surface area contributed by atoms with Crippen LogP contribution >= 0.6 is 0 Å². The van der Waals surface area contributed by atoms with Crippen molar-refractivity contribution in [3.63, 3.8) is 0 Å². The van der Waals surface area contributed by atoms with E-state index in [-0.39, 0.29) is 28.4 Å². The van der Waals surface area contributed by atoms with Gasteiger partial charge in [0.15, 0.2) is 29.5 Å². The van der Waals surface area contributed by atoms with Crippen molar-refractivity contribution in [3.05, 3.63) is 40.6 Å². The zero-order valence-corrected chi connectivity index (χ0v) is 25.9. The van der Waals surface area contributed by atoms with Gasteiger partial charge in [0.25, 0.3) is 0 Å². The van der Waals surface area contributed by atoms with Crippen LogP contribution in [0, 0.1) is 0 Å². The monoisotopic (exact) mass is 658 g/mol.